The van der Waals surface area contributed by atoms with Gasteiger partial charge in [-0.05, 0) is 46.2 Å². The highest BCUT2D eigenvalue weighted by molar-refractivity contribution is 5.80. The average Bonchev–Trinajstić information content (AvgIpc) is 2.45. The topological polar surface area (TPSA) is 41.6 Å². The van der Waals surface area contributed by atoms with Crippen LogP contribution >= 0.6 is 0 Å². The van der Waals surface area contributed by atoms with Gasteiger partial charge in [-0.2, -0.15) is 0 Å². The predicted molar refractivity (Wildman–Crippen MR) is 87.6 cm³/mol. The van der Waals surface area contributed by atoms with Gasteiger partial charge in [-0.15, -0.1) is 0 Å². The first-order valence-corrected chi connectivity index (χ1v) is 7.60. The minimum atomic E-state index is -0.660. The summed E-state index contributed by atoms with van der Waals surface area (Å²) in [5.74, 6) is -0.180. The van der Waals surface area contributed by atoms with E-state index >= 15 is 0 Å². The normalized spacial score (nSPS) is 13.8. The highest BCUT2D eigenvalue weighted by Gasteiger charge is 2.35. The first kappa shape index (κ1) is 17.5. The van der Waals surface area contributed by atoms with Gasteiger partial charge in [0.25, 0.3) is 0 Å². The van der Waals surface area contributed by atoms with Gasteiger partial charge >= 0.3 is 5.97 Å². The van der Waals surface area contributed by atoms with Crippen LogP contribution in [-0.4, -0.2) is 37.7 Å². The van der Waals surface area contributed by atoms with Crippen molar-refractivity contribution in [3.63, 3.8) is 0 Å². The molecule has 0 aromatic heterocycles. The molecule has 0 amide bonds. The van der Waals surface area contributed by atoms with Crippen LogP contribution in [0.5, 0.6) is 0 Å². The molecule has 1 aromatic rings. The second kappa shape index (κ2) is 8.03. The van der Waals surface area contributed by atoms with Gasteiger partial charge < -0.3 is 9.64 Å². The van der Waals surface area contributed by atoms with Crippen LogP contribution in [0.15, 0.2) is 30.3 Å². The monoisotopic (exact) mass is 292 g/mol. The van der Waals surface area contributed by atoms with Crippen molar-refractivity contribution in [3.05, 3.63) is 30.3 Å². The number of nitrogens with zero attached hydrogens (tertiary/aromatic N) is 1. The molecule has 0 aliphatic heterocycles. The summed E-state index contributed by atoms with van der Waals surface area (Å²) in [6.45, 7) is 9.02. The summed E-state index contributed by atoms with van der Waals surface area (Å²) in [4.78, 5) is 14.4. The van der Waals surface area contributed by atoms with E-state index in [0.29, 0.717) is 13.0 Å². The molecule has 0 saturated heterocycles. The number of ether oxygens (including phenoxy) is 1. The third kappa shape index (κ3) is 5.38. The van der Waals surface area contributed by atoms with E-state index in [4.69, 9.17) is 4.74 Å². The molecule has 0 spiro atoms. The summed E-state index contributed by atoms with van der Waals surface area (Å²) in [6, 6.07) is 10.4. The van der Waals surface area contributed by atoms with E-state index in [1.807, 2.05) is 52.9 Å². The number of anilines is 1. The molecule has 0 heterocycles. The fraction of sp³-hybridized carbons (Fsp3) is 0.588. The van der Waals surface area contributed by atoms with Gasteiger partial charge in [0.15, 0.2) is 0 Å². The Hall–Kier alpha value is -1.55. The minimum absolute atomic E-state index is 0.180. The molecule has 0 radical (unpaired) electrons. The Bertz CT molecular complexity index is 434. The van der Waals surface area contributed by atoms with E-state index in [-0.39, 0.29) is 12.0 Å². The second-order valence-corrected chi connectivity index (χ2v) is 5.86. The molecule has 21 heavy (non-hydrogen) atoms. The molecule has 0 aliphatic carbocycles. The number of para-hydroxylation sites is 1. The van der Waals surface area contributed by atoms with Crippen LogP contribution in [0.25, 0.3) is 0 Å². The lowest BCUT2D eigenvalue weighted by atomic mass is 9.96. The molecule has 1 aromatic carbocycles. The van der Waals surface area contributed by atoms with Gasteiger partial charge in [0.2, 0.25) is 0 Å². The highest BCUT2D eigenvalue weighted by Crippen LogP contribution is 2.17. The number of nitrogens with one attached hydrogen (secondary N) is 1. The zero-order valence-corrected chi connectivity index (χ0v) is 13.8. The Morgan fingerprint density at radius 1 is 1.33 bits per heavy atom. The zero-order valence-electron chi connectivity index (χ0n) is 13.8. The molecule has 4 heteroatoms. The highest BCUT2D eigenvalue weighted by atomic mass is 16.5. The summed E-state index contributed by atoms with van der Waals surface area (Å²) in [5.41, 5.74) is 0.487. The summed E-state index contributed by atoms with van der Waals surface area (Å²) in [5, 5.41) is 3.35. The van der Waals surface area contributed by atoms with Crippen LogP contribution in [0.3, 0.4) is 0 Å². The van der Waals surface area contributed by atoms with Crippen LogP contribution in [-0.2, 0) is 9.53 Å². The molecule has 1 rings (SSSR count). The maximum absolute atomic E-state index is 12.2. The van der Waals surface area contributed by atoms with E-state index in [1.165, 1.54) is 0 Å². The summed E-state index contributed by atoms with van der Waals surface area (Å²) in [7, 11) is 2.04. The molecule has 4 nitrogen and oxygen atoms in total. The smallest absolute Gasteiger partial charge is 0.326 e. The summed E-state index contributed by atoms with van der Waals surface area (Å²) in [6.07, 6.45) is 0.690. The first-order chi connectivity index (χ1) is 9.89. The van der Waals surface area contributed by atoms with E-state index in [0.717, 1.165) is 12.2 Å². The Kier molecular flexibility index (Phi) is 6.69. The van der Waals surface area contributed by atoms with Crippen molar-refractivity contribution in [2.24, 2.45) is 0 Å². The number of rotatable bonds is 8. The number of hydrogen-bond donors (Lipinski definition) is 1. The molecular weight excluding hydrogens is 264 g/mol. The van der Waals surface area contributed by atoms with Crippen LogP contribution in [0.4, 0.5) is 5.69 Å². The van der Waals surface area contributed by atoms with Gasteiger partial charge in [-0.25, -0.2) is 0 Å². The van der Waals surface area contributed by atoms with E-state index < -0.39 is 5.54 Å². The third-order valence-electron chi connectivity index (χ3n) is 3.48. The molecule has 1 atom stereocenters. The summed E-state index contributed by atoms with van der Waals surface area (Å²) < 4.78 is 5.23. The number of benzene rings is 1. The molecule has 0 aliphatic rings. The zero-order chi connectivity index (χ0) is 15.9. The lowest BCUT2D eigenvalue weighted by Crippen LogP contribution is -2.54. The van der Waals surface area contributed by atoms with Gasteiger partial charge in [-0.1, -0.05) is 18.2 Å². The van der Waals surface area contributed by atoms with E-state index in [2.05, 4.69) is 22.3 Å². The molecule has 0 saturated carbocycles. The van der Waals surface area contributed by atoms with Crippen LogP contribution < -0.4 is 10.2 Å². The Labute approximate surface area is 128 Å². The van der Waals surface area contributed by atoms with E-state index in [9.17, 15) is 4.79 Å². The van der Waals surface area contributed by atoms with Crippen molar-refractivity contribution >= 4 is 11.7 Å². The van der Waals surface area contributed by atoms with Gasteiger partial charge in [-0.3, -0.25) is 10.1 Å². The Balaban J connectivity index is 2.71. The Morgan fingerprint density at radius 2 is 1.95 bits per heavy atom. The van der Waals surface area contributed by atoms with Gasteiger partial charge in [0.05, 0.1) is 6.61 Å². The molecular formula is C17H28N2O2. The lowest BCUT2D eigenvalue weighted by molar-refractivity contribution is -0.151. The van der Waals surface area contributed by atoms with Crippen molar-refractivity contribution < 1.29 is 9.53 Å². The maximum atomic E-state index is 12.2. The molecule has 1 unspecified atom stereocenters. The van der Waals surface area contributed by atoms with Crippen LogP contribution in [0.2, 0.25) is 0 Å². The number of esters is 1. The fourth-order valence-electron chi connectivity index (χ4n) is 2.36. The fourth-order valence-corrected chi connectivity index (χ4v) is 2.36. The van der Waals surface area contributed by atoms with Gasteiger partial charge in [0, 0.05) is 25.3 Å². The largest absolute Gasteiger partial charge is 0.465 e. The van der Waals surface area contributed by atoms with Crippen molar-refractivity contribution in [2.75, 3.05) is 25.1 Å². The molecule has 118 valence electrons. The minimum Gasteiger partial charge on any atom is -0.465 e. The number of hydrogen-bond acceptors (Lipinski definition) is 4. The van der Waals surface area contributed by atoms with Crippen molar-refractivity contribution in [3.8, 4) is 0 Å². The van der Waals surface area contributed by atoms with Crippen LogP contribution in [0.1, 0.15) is 34.1 Å². The number of carbonyl (C=O) groups is 1. The molecule has 0 fully saturated rings. The SMILES string of the molecule is CCOC(=O)C(C)(CCN(C)c1ccccc1)NC(C)C. The second-order valence-electron chi connectivity index (χ2n) is 5.86. The van der Waals surface area contributed by atoms with Gasteiger partial charge in [0.1, 0.15) is 5.54 Å². The average molecular weight is 292 g/mol. The van der Waals surface area contributed by atoms with Crippen molar-refractivity contribution in [1.82, 2.24) is 5.32 Å². The number of carbonyl (C=O) groups excluding carboxylic acids is 1. The third-order valence-corrected chi connectivity index (χ3v) is 3.48. The lowest BCUT2D eigenvalue weighted by Gasteiger charge is -2.32. The molecule has 0 bridgehead atoms. The standard InChI is InChI=1S/C17H28N2O2/c1-6-21-16(20)17(4,18-14(2)3)12-13-19(5)15-10-8-7-9-11-15/h7-11,14,18H,6,12-13H2,1-5H3. The summed E-state index contributed by atoms with van der Waals surface area (Å²) >= 11 is 0. The quantitative estimate of drug-likeness (QED) is 0.748. The maximum Gasteiger partial charge on any atom is 0.326 e. The van der Waals surface area contributed by atoms with E-state index in [1.54, 1.807) is 0 Å². The van der Waals surface area contributed by atoms with Crippen molar-refractivity contribution in [1.29, 1.82) is 0 Å². The van der Waals surface area contributed by atoms with Crippen LogP contribution in [0, 0.1) is 0 Å². The predicted octanol–water partition coefficient (Wildman–Crippen LogP) is 2.83. The van der Waals surface area contributed by atoms with Crippen molar-refractivity contribution in [2.45, 2.75) is 45.7 Å². The Morgan fingerprint density at radius 3 is 2.48 bits per heavy atom. The first-order valence-electron chi connectivity index (χ1n) is 7.60. The molecule has 1 N–H and O–H groups in total.